The van der Waals surface area contributed by atoms with E-state index in [1.54, 1.807) is 46.7 Å². The van der Waals surface area contributed by atoms with E-state index in [9.17, 15) is 9.59 Å². The van der Waals surface area contributed by atoms with E-state index in [0.29, 0.717) is 32.8 Å². The van der Waals surface area contributed by atoms with Crippen LogP contribution < -0.4 is 9.80 Å². The van der Waals surface area contributed by atoms with E-state index in [-0.39, 0.29) is 18.5 Å². The highest BCUT2D eigenvalue weighted by atomic mass is 35.5. The molecule has 0 fully saturated rings. The van der Waals surface area contributed by atoms with Crippen LogP contribution in [0.3, 0.4) is 0 Å². The van der Waals surface area contributed by atoms with Crippen LogP contribution in [0.25, 0.3) is 0 Å². The molecule has 0 saturated heterocycles. The van der Waals surface area contributed by atoms with Gasteiger partial charge in [-0.2, -0.15) is 5.10 Å². The predicted molar refractivity (Wildman–Crippen MR) is 114 cm³/mol. The van der Waals surface area contributed by atoms with Gasteiger partial charge in [-0.15, -0.1) is 0 Å². The summed E-state index contributed by atoms with van der Waals surface area (Å²) in [6, 6.07) is 4.40. The number of aryl methyl sites for hydroxylation is 2. The zero-order valence-corrected chi connectivity index (χ0v) is 18.8. The summed E-state index contributed by atoms with van der Waals surface area (Å²) < 4.78 is 7.17. The second-order valence-corrected chi connectivity index (χ2v) is 9.03. The molecule has 0 radical (unpaired) electrons. The summed E-state index contributed by atoms with van der Waals surface area (Å²) in [4.78, 5) is 29.4. The fraction of sp³-hybridized carbons (Fsp3) is 0.450. The summed E-state index contributed by atoms with van der Waals surface area (Å²) >= 11 is 12.2. The minimum atomic E-state index is -0.638. The SMILES string of the molecule is Cc1nn(C)c2c1N(C(=O)OC(C)(C)C)C[C@@H](C)N2C(=O)c1cc(Cl)cc(Cl)c1. The van der Waals surface area contributed by atoms with Gasteiger partial charge >= 0.3 is 6.09 Å². The highest BCUT2D eigenvalue weighted by Crippen LogP contribution is 2.39. The number of hydrogen-bond donors (Lipinski definition) is 0. The normalized spacial score (nSPS) is 16.6. The minimum Gasteiger partial charge on any atom is -0.443 e. The number of carbonyl (C=O) groups excluding carboxylic acids is 2. The monoisotopic (exact) mass is 438 g/mol. The Balaban J connectivity index is 2.07. The second-order valence-electron chi connectivity index (χ2n) is 8.15. The molecule has 9 heteroatoms. The molecule has 1 aromatic carbocycles. The molecule has 0 aliphatic carbocycles. The van der Waals surface area contributed by atoms with Gasteiger partial charge in [0.05, 0.1) is 18.3 Å². The highest BCUT2D eigenvalue weighted by Gasteiger charge is 2.41. The van der Waals surface area contributed by atoms with Crippen molar-refractivity contribution >= 4 is 46.7 Å². The third-order valence-electron chi connectivity index (χ3n) is 4.49. The standard InChI is InChI=1S/C20H24Cl2N4O3/c1-11-10-25(19(28)29-20(3,4)5)16-12(2)23-24(6)17(16)26(11)18(27)13-7-14(21)9-15(22)8-13/h7-9,11H,10H2,1-6H3/t11-/m1/s1. The Morgan fingerprint density at radius 2 is 1.76 bits per heavy atom. The summed E-state index contributed by atoms with van der Waals surface area (Å²) in [5.41, 5.74) is 0.912. The number of carbonyl (C=O) groups is 2. The first kappa shape index (κ1) is 21.5. The Hall–Kier alpha value is -2.25. The van der Waals surface area contributed by atoms with Crippen molar-refractivity contribution in [2.45, 2.75) is 46.3 Å². The van der Waals surface area contributed by atoms with Crippen LogP contribution in [-0.4, -0.2) is 40.0 Å². The van der Waals surface area contributed by atoms with Crippen molar-refractivity contribution in [2.75, 3.05) is 16.3 Å². The van der Waals surface area contributed by atoms with E-state index in [1.165, 1.54) is 0 Å². The van der Waals surface area contributed by atoms with Crippen molar-refractivity contribution in [3.63, 3.8) is 0 Å². The number of amides is 2. The lowest BCUT2D eigenvalue weighted by atomic mass is 10.1. The third kappa shape index (κ3) is 4.21. The molecular weight excluding hydrogens is 415 g/mol. The van der Waals surface area contributed by atoms with Gasteiger partial charge in [0.1, 0.15) is 11.3 Å². The van der Waals surface area contributed by atoms with E-state index in [1.807, 2.05) is 27.7 Å². The summed E-state index contributed by atoms with van der Waals surface area (Å²) in [5.74, 6) is 0.253. The van der Waals surface area contributed by atoms with Crippen LogP contribution in [0, 0.1) is 6.92 Å². The van der Waals surface area contributed by atoms with E-state index >= 15 is 0 Å². The molecule has 2 amide bonds. The maximum absolute atomic E-state index is 13.4. The average Bonchev–Trinajstić information content (AvgIpc) is 2.86. The summed E-state index contributed by atoms with van der Waals surface area (Å²) in [6.07, 6.45) is -0.473. The van der Waals surface area contributed by atoms with Crippen molar-refractivity contribution in [1.82, 2.24) is 9.78 Å². The van der Waals surface area contributed by atoms with Gasteiger partial charge in [-0.25, -0.2) is 4.79 Å². The van der Waals surface area contributed by atoms with Crippen molar-refractivity contribution in [3.8, 4) is 0 Å². The lowest BCUT2D eigenvalue weighted by Crippen LogP contribution is -2.53. The number of nitrogens with zero attached hydrogens (tertiary/aromatic N) is 4. The van der Waals surface area contributed by atoms with Gasteiger partial charge in [-0.1, -0.05) is 23.2 Å². The number of fused-ring (bicyclic) bond motifs is 1. The van der Waals surface area contributed by atoms with E-state index in [2.05, 4.69) is 5.10 Å². The maximum Gasteiger partial charge on any atom is 0.415 e. The van der Waals surface area contributed by atoms with Crippen LogP contribution in [0.2, 0.25) is 10.0 Å². The number of benzene rings is 1. The molecule has 7 nitrogen and oxygen atoms in total. The van der Waals surface area contributed by atoms with Gasteiger partial charge in [0.25, 0.3) is 5.91 Å². The lowest BCUT2D eigenvalue weighted by molar-refractivity contribution is 0.0574. The summed E-state index contributed by atoms with van der Waals surface area (Å²) in [5, 5.41) is 5.19. The van der Waals surface area contributed by atoms with Crippen LogP contribution in [0.15, 0.2) is 18.2 Å². The Labute approximate surface area is 180 Å². The molecule has 1 aliphatic rings. The molecule has 0 unspecified atom stereocenters. The Morgan fingerprint density at radius 1 is 1.17 bits per heavy atom. The molecule has 0 saturated carbocycles. The van der Waals surface area contributed by atoms with Crippen LogP contribution in [0.5, 0.6) is 0 Å². The van der Waals surface area contributed by atoms with Crippen LogP contribution in [-0.2, 0) is 11.8 Å². The number of rotatable bonds is 1. The Bertz CT molecular complexity index is 961. The molecule has 1 atom stereocenters. The van der Waals surface area contributed by atoms with Gasteiger partial charge in [0.2, 0.25) is 0 Å². The molecule has 0 bridgehead atoms. The first-order valence-corrected chi connectivity index (χ1v) is 9.98. The van der Waals surface area contributed by atoms with Gasteiger partial charge in [-0.05, 0) is 52.8 Å². The summed E-state index contributed by atoms with van der Waals surface area (Å²) in [6.45, 7) is 9.38. The molecule has 156 valence electrons. The topological polar surface area (TPSA) is 67.7 Å². The van der Waals surface area contributed by atoms with E-state index in [4.69, 9.17) is 27.9 Å². The van der Waals surface area contributed by atoms with Crippen molar-refractivity contribution in [3.05, 3.63) is 39.5 Å². The molecule has 1 aliphatic heterocycles. The second kappa shape index (κ2) is 7.54. The molecule has 2 aromatic rings. The Morgan fingerprint density at radius 3 is 2.31 bits per heavy atom. The van der Waals surface area contributed by atoms with Crippen molar-refractivity contribution in [1.29, 1.82) is 0 Å². The quantitative estimate of drug-likeness (QED) is 0.639. The number of halogens is 2. The highest BCUT2D eigenvalue weighted by molar-refractivity contribution is 6.35. The smallest absolute Gasteiger partial charge is 0.415 e. The number of anilines is 2. The van der Waals surface area contributed by atoms with Crippen molar-refractivity contribution in [2.24, 2.45) is 7.05 Å². The zero-order valence-electron chi connectivity index (χ0n) is 17.3. The zero-order chi connectivity index (χ0) is 21.7. The molecule has 29 heavy (non-hydrogen) atoms. The molecule has 0 N–H and O–H groups in total. The van der Waals surface area contributed by atoms with Gasteiger partial charge in [0, 0.05) is 22.7 Å². The minimum absolute atomic E-state index is 0.269. The predicted octanol–water partition coefficient (Wildman–Crippen LogP) is 4.83. The van der Waals surface area contributed by atoms with E-state index < -0.39 is 11.7 Å². The van der Waals surface area contributed by atoms with Crippen LogP contribution in [0.4, 0.5) is 16.3 Å². The average molecular weight is 439 g/mol. The first-order valence-electron chi connectivity index (χ1n) is 9.23. The number of ether oxygens (including phenoxy) is 1. The lowest BCUT2D eigenvalue weighted by Gasteiger charge is -2.40. The van der Waals surface area contributed by atoms with Gasteiger partial charge in [-0.3, -0.25) is 19.3 Å². The molecule has 1 aromatic heterocycles. The number of aromatic nitrogens is 2. The largest absolute Gasteiger partial charge is 0.443 e. The first-order chi connectivity index (χ1) is 13.4. The molecule has 0 spiro atoms. The van der Waals surface area contributed by atoms with Gasteiger partial charge in [0.15, 0.2) is 5.82 Å². The van der Waals surface area contributed by atoms with Gasteiger partial charge < -0.3 is 4.74 Å². The maximum atomic E-state index is 13.4. The van der Waals surface area contributed by atoms with Crippen LogP contribution in [0.1, 0.15) is 43.7 Å². The van der Waals surface area contributed by atoms with Crippen molar-refractivity contribution < 1.29 is 14.3 Å². The van der Waals surface area contributed by atoms with E-state index in [0.717, 1.165) is 0 Å². The molecule has 2 heterocycles. The molecular formula is C20H24Cl2N4O3. The summed E-state index contributed by atoms with van der Waals surface area (Å²) in [7, 11) is 1.74. The fourth-order valence-corrected chi connectivity index (χ4v) is 3.99. The number of hydrogen-bond acceptors (Lipinski definition) is 4. The van der Waals surface area contributed by atoms with Crippen LogP contribution >= 0.6 is 23.2 Å². The molecule has 3 rings (SSSR count). The fourth-order valence-electron chi connectivity index (χ4n) is 3.46. The third-order valence-corrected chi connectivity index (χ3v) is 4.93. The Kier molecular flexibility index (Phi) is 5.58.